The molecule has 0 bridgehead atoms. The van der Waals surface area contributed by atoms with Crippen LogP contribution < -0.4 is 4.90 Å². The van der Waals surface area contributed by atoms with E-state index < -0.39 is 0 Å². The van der Waals surface area contributed by atoms with Gasteiger partial charge in [-0.25, -0.2) is 9.78 Å². The second-order valence-corrected chi connectivity index (χ2v) is 8.48. The number of hydrogen-bond donors (Lipinski definition) is 0. The zero-order valence-corrected chi connectivity index (χ0v) is 17.3. The predicted octanol–water partition coefficient (Wildman–Crippen LogP) is 2.85. The van der Waals surface area contributed by atoms with E-state index in [0.717, 1.165) is 37.3 Å². The number of anilines is 1. The van der Waals surface area contributed by atoms with Crippen LogP contribution >= 0.6 is 11.3 Å². The van der Waals surface area contributed by atoms with Gasteiger partial charge >= 0.3 is 6.09 Å². The fraction of sp³-hybridized carbons (Fsp3) is 0.476. The Bertz CT molecular complexity index is 945. The monoisotopic (exact) mass is 412 g/mol. The minimum atomic E-state index is -0.227. The van der Waals surface area contributed by atoms with Gasteiger partial charge in [0.15, 0.2) is 6.10 Å². The minimum absolute atomic E-state index is 0.0773. The van der Waals surface area contributed by atoms with Crippen molar-refractivity contribution in [3.8, 4) is 0 Å². The van der Waals surface area contributed by atoms with E-state index >= 15 is 0 Å². The number of aryl methyl sites for hydroxylation is 1. The summed E-state index contributed by atoms with van der Waals surface area (Å²) >= 11 is 1.72. The predicted molar refractivity (Wildman–Crippen MR) is 112 cm³/mol. The molecular formula is C21H24N4O3S. The van der Waals surface area contributed by atoms with Crippen LogP contribution in [0.15, 0.2) is 17.6 Å². The maximum atomic E-state index is 12.3. The summed E-state index contributed by atoms with van der Waals surface area (Å²) in [6.45, 7) is 6.05. The van der Waals surface area contributed by atoms with Crippen molar-refractivity contribution in [2.75, 3.05) is 44.3 Å². The number of amides is 1. The molecule has 3 aliphatic rings. The number of allylic oxidation sites excluding steroid dienone is 1. The Hall–Kier alpha value is -2.45. The van der Waals surface area contributed by atoms with Gasteiger partial charge in [-0.3, -0.25) is 4.98 Å². The average molecular weight is 413 g/mol. The number of nitrogens with zero attached hydrogens (tertiary/aromatic N) is 4. The van der Waals surface area contributed by atoms with Crippen LogP contribution in [-0.2, 0) is 22.3 Å². The van der Waals surface area contributed by atoms with E-state index in [4.69, 9.17) is 14.5 Å². The molecule has 1 aliphatic carbocycles. The number of rotatable bonds is 4. The standard InChI is InChI=1S/C21H24N4O3S/c1-2-20-23-18(13-29-20)14-9-16-17(10-14)22-4-3-19(16)24-5-7-25(8-6-24)21(26)28-15-11-27-12-15/h3-4,9,13,15H,2,5-8,10-12H2,1H3. The van der Waals surface area contributed by atoms with Gasteiger partial charge in [0.05, 0.1) is 29.6 Å². The smallest absolute Gasteiger partial charge is 0.410 e. The minimum Gasteiger partial charge on any atom is -0.441 e. The van der Waals surface area contributed by atoms with Gasteiger partial charge in [0.1, 0.15) is 0 Å². The van der Waals surface area contributed by atoms with Crippen LogP contribution in [0.3, 0.4) is 0 Å². The van der Waals surface area contributed by atoms with Crippen LogP contribution in [0.2, 0.25) is 0 Å². The molecule has 0 N–H and O–H groups in total. The number of carbonyl (C=O) groups excluding carboxylic acids is 1. The lowest BCUT2D eigenvalue weighted by Crippen LogP contribution is -2.51. The number of pyridine rings is 1. The summed E-state index contributed by atoms with van der Waals surface area (Å²) in [5.41, 5.74) is 5.80. The van der Waals surface area contributed by atoms with Gasteiger partial charge in [-0.15, -0.1) is 11.3 Å². The number of thiazole rings is 1. The Labute approximate surface area is 174 Å². The summed E-state index contributed by atoms with van der Waals surface area (Å²) < 4.78 is 10.5. The molecule has 0 atom stereocenters. The fourth-order valence-corrected chi connectivity index (χ4v) is 4.67. The Kier molecular flexibility index (Phi) is 4.97. The lowest BCUT2D eigenvalue weighted by atomic mass is 10.1. The first-order valence-corrected chi connectivity index (χ1v) is 11.0. The maximum Gasteiger partial charge on any atom is 0.410 e. The molecule has 8 heteroatoms. The quantitative estimate of drug-likeness (QED) is 0.769. The summed E-state index contributed by atoms with van der Waals surface area (Å²) in [4.78, 5) is 25.7. The van der Waals surface area contributed by atoms with Crippen molar-refractivity contribution in [1.82, 2.24) is 14.9 Å². The Morgan fingerprint density at radius 3 is 2.83 bits per heavy atom. The zero-order chi connectivity index (χ0) is 19.8. The van der Waals surface area contributed by atoms with Crippen LogP contribution in [0, 0.1) is 0 Å². The van der Waals surface area contributed by atoms with Crippen LogP contribution in [0.4, 0.5) is 10.5 Å². The van der Waals surface area contributed by atoms with E-state index in [1.54, 1.807) is 16.2 Å². The van der Waals surface area contributed by atoms with Gasteiger partial charge in [0.25, 0.3) is 0 Å². The number of ether oxygens (including phenoxy) is 2. The lowest BCUT2D eigenvalue weighted by Gasteiger charge is -2.37. The Morgan fingerprint density at radius 1 is 1.31 bits per heavy atom. The van der Waals surface area contributed by atoms with E-state index in [1.165, 1.54) is 21.8 Å². The van der Waals surface area contributed by atoms with E-state index in [2.05, 4.69) is 34.3 Å². The molecule has 29 heavy (non-hydrogen) atoms. The first kappa shape index (κ1) is 18.6. The summed E-state index contributed by atoms with van der Waals surface area (Å²) in [6.07, 6.45) is 5.62. The van der Waals surface area contributed by atoms with Crippen molar-refractivity contribution < 1.29 is 14.3 Å². The molecule has 152 valence electrons. The highest BCUT2D eigenvalue weighted by atomic mass is 32.1. The highest BCUT2D eigenvalue weighted by molar-refractivity contribution is 7.09. The summed E-state index contributed by atoms with van der Waals surface area (Å²) in [5.74, 6) is 0. The van der Waals surface area contributed by atoms with Crippen LogP contribution in [0.1, 0.15) is 28.9 Å². The molecular weight excluding hydrogens is 388 g/mol. The molecule has 0 aromatic carbocycles. The fourth-order valence-electron chi connectivity index (χ4n) is 3.90. The topological polar surface area (TPSA) is 67.8 Å². The Morgan fingerprint density at radius 2 is 2.14 bits per heavy atom. The molecule has 2 saturated heterocycles. The molecule has 2 aromatic rings. The largest absolute Gasteiger partial charge is 0.441 e. The molecule has 7 nitrogen and oxygen atoms in total. The van der Waals surface area contributed by atoms with Crippen molar-refractivity contribution >= 4 is 34.8 Å². The molecule has 0 unspecified atom stereocenters. The average Bonchev–Trinajstić information content (AvgIpc) is 3.37. The molecule has 0 saturated carbocycles. The molecule has 4 heterocycles. The van der Waals surface area contributed by atoms with E-state index in [-0.39, 0.29) is 12.2 Å². The number of carbonyl (C=O) groups is 1. The first-order valence-electron chi connectivity index (χ1n) is 10.1. The van der Waals surface area contributed by atoms with Gasteiger partial charge in [0.2, 0.25) is 0 Å². The molecule has 0 radical (unpaired) electrons. The highest BCUT2D eigenvalue weighted by Gasteiger charge is 2.29. The number of aromatic nitrogens is 2. The van der Waals surface area contributed by atoms with Crippen LogP contribution in [0.25, 0.3) is 11.6 Å². The summed E-state index contributed by atoms with van der Waals surface area (Å²) in [7, 11) is 0. The van der Waals surface area contributed by atoms with Gasteiger partial charge < -0.3 is 19.3 Å². The SMILES string of the molecule is CCc1nc(C2=Cc3c(N4CCN(C(=O)OC5COC5)CC4)ccnc3C2)cs1. The highest BCUT2D eigenvalue weighted by Crippen LogP contribution is 2.36. The van der Waals surface area contributed by atoms with Crippen molar-refractivity contribution in [2.24, 2.45) is 0 Å². The third-order valence-corrected chi connectivity index (χ3v) is 6.66. The summed E-state index contributed by atoms with van der Waals surface area (Å²) in [6, 6.07) is 2.08. The van der Waals surface area contributed by atoms with Gasteiger partial charge in [-0.1, -0.05) is 6.92 Å². The third-order valence-electron chi connectivity index (χ3n) is 5.66. The molecule has 2 aliphatic heterocycles. The molecule has 0 spiro atoms. The number of piperazine rings is 1. The summed E-state index contributed by atoms with van der Waals surface area (Å²) in [5, 5.41) is 3.31. The Balaban J connectivity index is 1.28. The van der Waals surface area contributed by atoms with E-state index in [9.17, 15) is 4.79 Å². The molecule has 1 amide bonds. The molecule has 5 rings (SSSR count). The van der Waals surface area contributed by atoms with Crippen molar-refractivity contribution in [3.05, 3.63) is 39.6 Å². The normalized spacial score (nSPS) is 19.0. The second kappa shape index (κ2) is 7.76. The van der Waals surface area contributed by atoms with E-state index in [0.29, 0.717) is 26.3 Å². The second-order valence-electron chi connectivity index (χ2n) is 7.53. The van der Waals surface area contributed by atoms with Gasteiger partial charge in [0, 0.05) is 55.4 Å². The van der Waals surface area contributed by atoms with Crippen molar-refractivity contribution in [2.45, 2.75) is 25.9 Å². The van der Waals surface area contributed by atoms with Crippen molar-refractivity contribution in [3.63, 3.8) is 0 Å². The van der Waals surface area contributed by atoms with Gasteiger partial charge in [-0.05, 0) is 24.1 Å². The first-order chi connectivity index (χ1) is 14.2. The van der Waals surface area contributed by atoms with Gasteiger partial charge in [-0.2, -0.15) is 0 Å². The van der Waals surface area contributed by atoms with E-state index in [1.807, 2.05) is 6.20 Å². The number of fused-ring (bicyclic) bond motifs is 1. The lowest BCUT2D eigenvalue weighted by molar-refractivity contribution is -0.104. The zero-order valence-electron chi connectivity index (χ0n) is 16.5. The van der Waals surface area contributed by atoms with Crippen LogP contribution in [0.5, 0.6) is 0 Å². The molecule has 2 aromatic heterocycles. The van der Waals surface area contributed by atoms with Crippen molar-refractivity contribution in [1.29, 1.82) is 0 Å². The molecule has 2 fully saturated rings. The van der Waals surface area contributed by atoms with Crippen LogP contribution in [-0.4, -0.2) is 66.5 Å². The maximum absolute atomic E-state index is 12.3. The third kappa shape index (κ3) is 3.62. The number of hydrogen-bond acceptors (Lipinski definition) is 7.